The first-order chi connectivity index (χ1) is 10.1. The number of nitrogens with one attached hydrogen (secondary N) is 1. The normalized spacial score (nSPS) is 10.9. The SMILES string of the molecule is CCOC(=O)C/C(=N\c1ccccc1C(=O)NC)OCC. The van der Waals surface area contributed by atoms with E-state index in [-0.39, 0.29) is 18.2 Å². The van der Waals surface area contributed by atoms with Gasteiger partial charge in [0.25, 0.3) is 5.91 Å². The Labute approximate surface area is 124 Å². The number of benzene rings is 1. The van der Waals surface area contributed by atoms with Crippen LogP contribution in [0.1, 0.15) is 30.6 Å². The Hall–Kier alpha value is -2.37. The second-order valence-corrected chi connectivity index (χ2v) is 4.02. The minimum Gasteiger partial charge on any atom is -0.481 e. The summed E-state index contributed by atoms with van der Waals surface area (Å²) in [5.41, 5.74) is 0.866. The fraction of sp³-hybridized carbons (Fsp3) is 0.400. The van der Waals surface area contributed by atoms with Gasteiger partial charge in [0, 0.05) is 7.05 Å². The fourth-order valence-corrected chi connectivity index (χ4v) is 1.66. The largest absolute Gasteiger partial charge is 0.481 e. The molecule has 0 bridgehead atoms. The predicted molar refractivity (Wildman–Crippen MR) is 79.8 cm³/mol. The predicted octanol–water partition coefficient (Wildman–Crippen LogP) is 2.07. The third-order valence-corrected chi connectivity index (χ3v) is 2.53. The van der Waals surface area contributed by atoms with Gasteiger partial charge in [-0.1, -0.05) is 12.1 Å². The smallest absolute Gasteiger partial charge is 0.315 e. The van der Waals surface area contributed by atoms with Crippen molar-refractivity contribution in [3.8, 4) is 0 Å². The molecule has 0 heterocycles. The van der Waals surface area contributed by atoms with Crippen LogP contribution in [0, 0.1) is 0 Å². The van der Waals surface area contributed by atoms with Crippen LogP contribution in [-0.2, 0) is 14.3 Å². The monoisotopic (exact) mass is 292 g/mol. The van der Waals surface area contributed by atoms with E-state index in [0.717, 1.165) is 0 Å². The van der Waals surface area contributed by atoms with Gasteiger partial charge < -0.3 is 14.8 Å². The minimum atomic E-state index is -0.415. The molecule has 0 aliphatic heterocycles. The van der Waals surface area contributed by atoms with Crippen molar-refractivity contribution in [1.82, 2.24) is 5.32 Å². The number of esters is 1. The third kappa shape index (κ3) is 5.25. The van der Waals surface area contributed by atoms with Gasteiger partial charge in [0.15, 0.2) is 5.90 Å². The van der Waals surface area contributed by atoms with E-state index in [1.165, 1.54) is 0 Å². The maximum absolute atomic E-state index is 11.8. The number of amides is 1. The summed E-state index contributed by atoms with van der Waals surface area (Å²) in [5, 5.41) is 2.55. The topological polar surface area (TPSA) is 77.0 Å². The molecule has 1 aromatic rings. The van der Waals surface area contributed by atoms with Crippen molar-refractivity contribution in [1.29, 1.82) is 0 Å². The molecule has 0 aliphatic carbocycles. The molecule has 6 heteroatoms. The van der Waals surface area contributed by atoms with E-state index in [0.29, 0.717) is 24.5 Å². The van der Waals surface area contributed by atoms with Gasteiger partial charge >= 0.3 is 5.97 Å². The number of nitrogens with zero attached hydrogens (tertiary/aromatic N) is 1. The number of ether oxygens (including phenoxy) is 2. The molecule has 0 spiro atoms. The van der Waals surface area contributed by atoms with Crippen molar-refractivity contribution in [3.63, 3.8) is 0 Å². The summed E-state index contributed by atoms with van der Waals surface area (Å²) >= 11 is 0. The lowest BCUT2D eigenvalue weighted by atomic mass is 10.1. The van der Waals surface area contributed by atoms with Gasteiger partial charge in [-0.2, -0.15) is 0 Å². The number of carbonyl (C=O) groups excluding carboxylic acids is 2. The Morgan fingerprint density at radius 1 is 1.14 bits per heavy atom. The summed E-state index contributed by atoms with van der Waals surface area (Å²) in [6.45, 7) is 4.20. The van der Waals surface area contributed by atoms with E-state index in [1.54, 1.807) is 45.2 Å². The van der Waals surface area contributed by atoms with Gasteiger partial charge in [0.1, 0.15) is 6.42 Å². The Bertz CT molecular complexity index is 526. The zero-order chi connectivity index (χ0) is 15.7. The van der Waals surface area contributed by atoms with Crippen molar-refractivity contribution in [2.75, 3.05) is 20.3 Å². The summed E-state index contributed by atoms with van der Waals surface area (Å²) in [6.07, 6.45) is -0.0657. The molecule has 0 aliphatic rings. The highest BCUT2D eigenvalue weighted by molar-refractivity contribution is 6.01. The molecule has 114 valence electrons. The standard InChI is InChI=1S/C15H20N2O4/c1-4-20-13(10-14(18)21-5-2)17-12-9-7-6-8-11(12)15(19)16-3/h6-9H,4-5,10H2,1-3H3,(H,16,19)/b17-13+. The molecule has 6 nitrogen and oxygen atoms in total. The Kier molecular flexibility index (Phi) is 6.94. The van der Waals surface area contributed by atoms with Crippen LogP contribution in [0.2, 0.25) is 0 Å². The van der Waals surface area contributed by atoms with Crippen LogP contribution in [0.3, 0.4) is 0 Å². The lowest BCUT2D eigenvalue weighted by molar-refractivity contribution is -0.141. The number of para-hydroxylation sites is 1. The van der Waals surface area contributed by atoms with Crippen LogP contribution < -0.4 is 5.32 Å². The molecule has 1 rings (SSSR count). The third-order valence-electron chi connectivity index (χ3n) is 2.53. The van der Waals surface area contributed by atoms with Crippen molar-refractivity contribution >= 4 is 23.5 Å². The lowest BCUT2D eigenvalue weighted by Crippen LogP contribution is -2.18. The molecular weight excluding hydrogens is 272 g/mol. The second-order valence-electron chi connectivity index (χ2n) is 4.02. The summed E-state index contributed by atoms with van der Waals surface area (Å²) < 4.78 is 10.2. The van der Waals surface area contributed by atoms with Gasteiger partial charge in [0.05, 0.1) is 24.5 Å². The molecule has 0 aromatic heterocycles. The van der Waals surface area contributed by atoms with Gasteiger partial charge in [-0.25, -0.2) is 4.99 Å². The molecule has 0 radical (unpaired) electrons. The molecule has 0 unspecified atom stereocenters. The summed E-state index contributed by atoms with van der Waals surface area (Å²) in [4.78, 5) is 27.6. The van der Waals surface area contributed by atoms with Gasteiger partial charge in [-0.3, -0.25) is 9.59 Å². The zero-order valence-electron chi connectivity index (χ0n) is 12.5. The van der Waals surface area contributed by atoms with Crippen molar-refractivity contribution in [2.24, 2.45) is 4.99 Å². The van der Waals surface area contributed by atoms with Crippen LogP contribution >= 0.6 is 0 Å². The molecule has 0 saturated heterocycles. The van der Waals surface area contributed by atoms with E-state index in [4.69, 9.17) is 9.47 Å². The molecule has 0 fully saturated rings. The van der Waals surface area contributed by atoms with Crippen molar-refractivity contribution in [3.05, 3.63) is 29.8 Å². The number of rotatable bonds is 6. The van der Waals surface area contributed by atoms with Gasteiger partial charge in [-0.15, -0.1) is 0 Å². The molecule has 21 heavy (non-hydrogen) atoms. The summed E-state index contributed by atoms with van der Waals surface area (Å²) in [7, 11) is 1.55. The quantitative estimate of drug-likeness (QED) is 0.494. The highest BCUT2D eigenvalue weighted by atomic mass is 16.5. The Balaban J connectivity index is 3.04. The van der Waals surface area contributed by atoms with Crippen LogP contribution in [0.15, 0.2) is 29.3 Å². The molecular formula is C15H20N2O4. The highest BCUT2D eigenvalue weighted by Crippen LogP contribution is 2.19. The van der Waals surface area contributed by atoms with Crippen molar-refractivity contribution < 1.29 is 19.1 Å². The summed E-state index contributed by atoms with van der Waals surface area (Å²) in [5.74, 6) is -0.434. The molecule has 1 N–H and O–H groups in total. The van der Waals surface area contributed by atoms with E-state index >= 15 is 0 Å². The number of hydrogen-bond donors (Lipinski definition) is 1. The van der Waals surface area contributed by atoms with Crippen LogP contribution in [0.4, 0.5) is 5.69 Å². The van der Waals surface area contributed by atoms with E-state index in [1.807, 2.05) is 0 Å². The van der Waals surface area contributed by atoms with Gasteiger partial charge in [-0.05, 0) is 26.0 Å². The average Bonchev–Trinajstić information content (AvgIpc) is 2.47. The highest BCUT2D eigenvalue weighted by Gasteiger charge is 2.13. The molecule has 1 amide bonds. The van der Waals surface area contributed by atoms with Gasteiger partial charge in [0.2, 0.25) is 0 Å². The number of hydrogen-bond acceptors (Lipinski definition) is 5. The first-order valence-electron chi connectivity index (χ1n) is 6.79. The van der Waals surface area contributed by atoms with Crippen LogP contribution in [0.25, 0.3) is 0 Å². The minimum absolute atomic E-state index is 0.0657. The van der Waals surface area contributed by atoms with E-state index in [9.17, 15) is 9.59 Å². The molecule has 0 atom stereocenters. The number of aliphatic imine (C=N–C) groups is 1. The summed E-state index contributed by atoms with van der Waals surface area (Å²) in [6, 6.07) is 6.86. The molecule has 0 saturated carbocycles. The van der Waals surface area contributed by atoms with Crippen LogP contribution in [0.5, 0.6) is 0 Å². The fourth-order valence-electron chi connectivity index (χ4n) is 1.66. The van der Waals surface area contributed by atoms with E-state index < -0.39 is 5.97 Å². The lowest BCUT2D eigenvalue weighted by Gasteiger charge is -2.09. The average molecular weight is 292 g/mol. The Morgan fingerprint density at radius 2 is 1.81 bits per heavy atom. The first kappa shape index (κ1) is 16.7. The maximum Gasteiger partial charge on any atom is 0.315 e. The van der Waals surface area contributed by atoms with Crippen LogP contribution in [-0.4, -0.2) is 38.0 Å². The molecule has 1 aromatic carbocycles. The zero-order valence-corrected chi connectivity index (χ0v) is 12.5. The number of carbonyl (C=O) groups is 2. The maximum atomic E-state index is 11.8. The van der Waals surface area contributed by atoms with Crippen molar-refractivity contribution in [2.45, 2.75) is 20.3 Å². The second kappa shape index (κ2) is 8.73. The first-order valence-corrected chi connectivity index (χ1v) is 6.79. The van der Waals surface area contributed by atoms with E-state index in [2.05, 4.69) is 10.3 Å². The Morgan fingerprint density at radius 3 is 2.43 bits per heavy atom.